The number of thiophene rings is 1. The van der Waals surface area contributed by atoms with Crippen molar-refractivity contribution in [3.05, 3.63) is 57.9 Å². The molecule has 0 atom stereocenters. The Labute approximate surface area is 164 Å². The number of nitrogens with one attached hydrogen (secondary N) is 1. The zero-order valence-corrected chi connectivity index (χ0v) is 16.0. The highest BCUT2D eigenvalue weighted by atomic mass is 32.1. The molecule has 0 saturated carbocycles. The predicted octanol–water partition coefficient (Wildman–Crippen LogP) is 4.04. The average Bonchev–Trinajstić information content (AvgIpc) is 3.31. The summed E-state index contributed by atoms with van der Waals surface area (Å²) in [6.45, 7) is 1.36. The Balaban J connectivity index is 1.56. The van der Waals surface area contributed by atoms with Gasteiger partial charge in [0.05, 0.1) is 23.1 Å². The van der Waals surface area contributed by atoms with Gasteiger partial charge in [-0.15, -0.1) is 22.7 Å². The summed E-state index contributed by atoms with van der Waals surface area (Å²) in [5, 5.41) is 14.0. The smallest absolute Gasteiger partial charge is 0.350 e. The first-order valence-corrected chi connectivity index (χ1v) is 9.70. The van der Waals surface area contributed by atoms with Crippen molar-refractivity contribution in [3.8, 4) is 16.0 Å². The van der Waals surface area contributed by atoms with E-state index in [1.54, 1.807) is 42.5 Å². The number of anilines is 1. The fourth-order valence-electron chi connectivity index (χ4n) is 2.28. The zero-order chi connectivity index (χ0) is 19.2. The van der Waals surface area contributed by atoms with Crippen molar-refractivity contribution in [2.75, 3.05) is 11.9 Å². The summed E-state index contributed by atoms with van der Waals surface area (Å²) in [7, 11) is 0. The molecule has 136 valence electrons. The lowest BCUT2D eigenvalue weighted by molar-refractivity contribution is -0.119. The molecule has 1 aromatic carbocycles. The number of nitrogens with zero attached hydrogens (tertiary/aromatic N) is 2. The highest BCUT2D eigenvalue weighted by molar-refractivity contribution is 7.22. The van der Waals surface area contributed by atoms with E-state index in [4.69, 9.17) is 10.00 Å². The number of benzene rings is 1. The Bertz CT molecular complexity index is 986. The molecule has 8 heteroatoms. The van der Waals surface area contributed by atoms with Crippen molar-refractivity contribution in [1.82, 2.24) is 4.98 Å². The van der Waals surface area contributed by atoms with Gasteiger partial charge in [-0.05, 0) is 36.1 Å². The van der Waals surface area contributed by atoms with E-state index in [9.17, 15) is 9.59 Å². The number of aromatic nitrogens is 1. The molecule has 0 fully saturated rings. The van der Waals surface area contributed by atoms with Crippen molar-refractivity contribution in [2.45, 2.75) is 13.3 Å². The van der Waals surface area contributed by atoms with E-state index in [0.717, 1.165) is 15.4 Å². The van der Waals surface area contributed by atoms with E-state index < -0.39 is 11.9 Å². The minimum Gasteiger partial charge on any atom is -0.451 e. The molecule has 0 aliphatic heterocycles. The molecule has 3 aromatic rings. The molecule has 1 N–H and O–H groups in total. The van der Waals surface area contributed by atoms with Gasteiger partial charge in [-0.2, -0.15) is 5.26 Å². The van der Waals surface area contributed by atoms with E-state index in [-0.39, 0.29) is 6.61 Å². The van der Waals surface area contributed by atoms with Crippen LogP contribution in [-0.4, -0.2) is 23.5 Å². The summed E-state index contributed by atoms with van der Waals surface area (Å²) in [6, 6.07) is 12.8. The largest absolute Gasteiger partial charge is 0.451 e. The molecule has 2 heterocycles. The molecule has 0 aliphatic rings. The lowest BCUT2D eigenvalue weighted by Gasteiger charge is -2.06. The van der Waals surface area contributed by atoms with Gasteiger partial charge >= 0.3 is 5.97 Å². The van der Waals surface area contributed by atoms with Crippen LogP contribution in [0.5, 0.6) is 0 Å². The van der Waals surface area contributed by atoms with Crippen molar-refractivity contribution < 1.29 is 14.3 Å². The van der Waals surface area contributed by atoms with E-state index in [1.807, 2.05) is 17.5 Å². The number of carbonyl (C=O) groups is 2. The molecule has 2 aromatic heterocycles. The minimum absolute atomic E-state index is 0.313. The van der Waals surface area contributed by atoms with E-state index in [0.29, 0.717) is 22.7 Å². The molecule has 0 radical (unpaired) electrons. The van der Waals surface area contributed by atoms with Crippen LogP contribution in [0.2, 0.25) is 0 Å². The second kappa shape index (κ2) is 8.58. The fraction of sp³-hybridized carbons (Fsp3) is 0.158. The van der Waals surface area contributed by atoms with Gasteiger partial charge in [0.1, 0.15) is 9.88 Å². The second-order valence-electron chi connectivity index (χ2n) is 5.57. The van der Waals surface area contributed by atoms with Gasteiger partial charge in [0.2, 0.25) is 0 Å². The van der Waals surface area contributed by atoms with Gasteiger partial charge in [-0.25, -0.2) is 9.78 Å². The number of esters is 1. The fourth-order valence-corrected chi connectivity index (χ4v) is 4.04. The molecule has 0 unspecified atom stereocenters. The zero-order valence-electron chi connectivity index (χ0n) is 14.4. The summed E-state index contributed by atoms with van der Waals surface area (Å²) < 4.78 is 5.12. The van der Waals surface area contributed by atoms with Crippen molar-refractivity contribution in [2.24, 2.45) is 0 Å². The Morgan fingerprint density at radius 2 is 2.04 bits per heavy atom. The van der Waals surface area contributed by atoms with Crippen LogP contribution >= 0.6 is 22.7 Å². The van der Waals surface area contributed by atoms with Crippen LogP contribution in [-0.2, 0) is 16.0 Å². The number of carbonyl (C=O) groups excluding carboxylic acids is 2. The van der Waals surface area contributed by atoms with Gasteiger partial charge in [0.15, 0.2) is 6.61 Å². The summed E-state index contributed by atoms with van der Waals surface area (Å²) >= 11 is 2.80. The van der Waals surface area contributed by atoms with Gasteiger partial charge in [0, 0.05) is 5.69 Å². The first-order valence-electron chi connectivity index (χ1n) is 8.01. The first-order chi connectivity index (χ1) is 13.1. The first kappa shape index (κ1) is 18.8. The third kappa shape index (κ3) is 4.78. The Morgan fingerprint density at radius 1 is 1.26 bits per heavy atom. The Morgan fingerprint density at radius 3 is 2.70 bits per heavy atom. The van der Waals surface area contributed by atoms with Gasteiger partial charge < -0.3 is 10.1 Å². The number of hydrogen-bond acceptors (Lipinski definition) is 7. The lowest BCUT2D eigenvalue weighted by Crippen LogP contribution is -2.20. The van der Waals surface area contributed by atoms with Crippen LogP contribution in [0.25, 0.3) is 9.88 Å². The topological polar surface area (TPSA) is 92.1 Å². The maximum absolute atomic E-state index is 12.3. The molecule has 27 heavy (non-hydrogen) atoms. The summed E-state index contributed by atoms with van der Waals surface area (Å²) in [6.07, 6.45) is 0.313. The molecular formula is C19H15N3O3S2. The summed E-state index contributed by atoms with van der Waals surface area (Å²) in [5.41, 5.74) is 2.03. The molecule has 6 nitrogen and oxygen atoms in total. The van der Waals surface area contributed by atoms with Crippen LogP contribution in [0.3, 0.4) is 0 Å². The molecule has 0 aliphatic carbocycles. The average molecular weight is 397 g/mol. The molecular weight excluding hydrogens is 382 g/mol. The Hall–Kier alpha value is -3.02. The normalized spacial score (nSPS) is 10.2. The number of ether oxygens (including phenoxy) is 1. The van der Waals surface area contributed by atoms with Gasteiger partial charge in [-0.3, -0.25) is 4.79 Å². The highest BCUT2D eigenvalue weighted by Gasteiger charge is 2.19. The van der Waals surface area contributed by atoms with Crippen molar-refractivity contribution >= 4 is 40.2 Å². The van der Waals surface area contributed by atoms with Crippen molar-refractivity contribution in [1.29, 1.82) is 5.26 Å². The standard InChI is InChI=1S/C19H15N3O3S2/c1-12-17(27-18(21-12)15-3-2-10-26-15)19(24)25-11-16(23)22-14-6-4-13(5-7-14)8-9-20/h2-7,10H,8,11H2,1H3,(H,22,23). The lowest BCUT2D eigenvalue weighted by atomic mass is 10.1. The van der Waals surface area contributed by atoms with Crippen LogP contribution in [0.4, 0.5) is 5.69 Å². The van der Waals surface area contributed by atoms with E-state index in [1.165, 1.54) is 11.3 Å². The summed E-state index contributed by atoms with van der Waals surface area (Å²) in [5.74, 6) is -0.996. The van der Waals surface area contributed by atoms with Crippen LogP contribution < -0.4 is 5.32 Å². The molecule has 3 rings (SSSR count). The van der Waals surface area contributed by atoms with Crippen LogP contribution in [0, 0.1) is 18.3 Å². The molecule has 1 amide bonds. The monoisotopic (exact) mass is 397 g/mol. The number of aryl methyl sites for hydroxylation is 1. The number of rotatable bonds is 6. The van der Waals surface area contributed by atoms with Crippen LogP contribution in [0.1, 0.15) is 20.9 Å². The van der Waals surface area contributed by atoms with E-state index in [2.05, 4.69) is 16.4 Å². The molecule has 0 saturated heterocycles. The van der Waals surface area contributed by atoms with Gasteiger partial charge in [-0.1, -0.05) is 18.2 Å². The third-order valence-corrected chi connectivity index (χ3v) is 5.75. The summed E-state index contributed by atoms with van der Waals surface area (Å²) in [4.78, 5) is 30.0. The number of thiazole rings is 1. The molecule has 0 spiro atoms. The van der Waals surface area contributed by atoms with Gasteiger partial charge in [0.25, 0.3) is 5.91 Å². The van der Waals surface area contributed by atoms with Crippen molar-refractivity contribution in [3.63, 3.8) is 0 Å². The second-order valence-corrected chi connectivity index (χ2v) is 7.51. The third-order valence-electron chi connectivity index (χ3n) is 3.57. The highest BCUT2D eigenvalue weighted by Crippen LogP contribution is 2.31. The SMILES string of the molecule is Cc1nc(-c2cccs2)sc1C(=O)OCC(=O)Nc1ccc(CC#N)cc1. The van der Waals surface area contributed by atoms with E-state index >= 15 is 0 Å². The maximum atomic E-state index is 12.3. The number of hydrogen-bond donors (Lipinski definition) is 1. The Kier molecular flexibility index (Phi) is 5.96. The van der Waals surface area contributed by atoms with Crippen LogP contribution in [0.15, 0.2) is 41.8 Å². The maximum Gasteiger partial charge on any atom is 0.350 e. The predicted molar refractivity (Wildman–Crippen MR) is 105 cm³/mol. The molecule has 0 bridgehead atoms. The minimum atomic E-state index is -0.563. The number of nitriles is 1. The number of amides is 1. The quantitative estimate of drug-likeness (QED) is 0.634.